The lowest BCUT2D eigenvalue weighted by molar-refractivity contribution is -0.156. The number of rotatable bonds is 45. The highest BCUT2D eigenvalue weighted by molar-refractivity contribution is 5.73. The van der Waals surface area contributed by atoms with Crippen molar-refractivity contribution in [3.8, 4) is 0 Å². The van der Waals surface area contributed by atoms with Crippen molar-refractivity contribution in [3.05, 3.63) is 0 Å². The molecule has 0 N–H and O–H groups in total. The molecule has 2 fully saturated rings. The van der Waals surface area contributed by atoms with E-state index in [4.69, 9.17) is 33.2 Å². The van der Waals surface area contributed by atoms with Gasteiger partial charge in [0.15, 0.2) is 0 Å². The van der Waals surface area contributed by atoms with Crippen LogP contribution in [0.4, 0.5) is 4.79 Å². The summed E-state index contributed by atoms with van der Waals surface area (Å²) in [5.41, 5.74) is 0. The van der Waals surface area contributed by atoms with Gasteiger partial charge in [0.05, 0.1) is 51.4 Å². The van der Waals surface area contributed by atoms with Crippen LogP contribution in [-0.2, 0) is 61.9 Å². The second-order valence-electron chi connectivity index (χ2n) is 21.8. The maximum absolute atomic E-state index is 14.1. The molecule has 0 spiro atoms. The third-order valence-corrected chi connectivity index (χ3v) is 14.6. The van der Waals surface area contributed by atoms with Crippen LogP contribution in [-0.4, -0.2) is 130 Å². The van der Waals surface area contributed by atoms with E-state index in [0.717, 1.165) is 122 Å². The molecule has 2 aliphatic heterocycles. The Morgan fingerprint density at radius 2 is 0.724 bits per heavy atom. The van der Waals surface area contributed by atoms with Crippen molar-refractivity contribution in [3.63, 3.8) is 0 Å². The fraction of sp³-hybridized carbons (Fsp3) is 0.883. The van der Waals surface area contributed by atoms with E-state index in [2.05, 4.69) is 32.6 Å². The minimum Gasteiger partial charge on any atom is -0.465 e. The Morgan fingerprint density at radius 3 is 1.07 bits per heavy atom. The Morgan fingerprint density at radius 1 is 0.395 bits per heavy atom. The van der Waals surface area contributed by atoms with Crippen LogP contribution in [0.25, 0.3) is 0 Å². The summed E-state index contributed by atoms with van der Waals surface area (Å²) in [4.78, 5) is 96.0. The molecule has 0 aliphatic carbocycles. The molecule has 1 amide bonds. The zero-order valence-corrected chi connectivity index (χ0v) is 48.4. The predicted molar refractivity (Wildman–Crippen MR) is 294 cm³/mol. The van der Waals surface area contributed by atoms with Gasteiger partial charge < -0.3 is 38.1 Å². The first kappa shape index (κ1) is 68.2. The Bertz CT molecular complexity index is 1420. The molecule has 2 heterocycles. The second kappa shape index (κ2) is 45.0. The third-order valence-electron chi connectivity index (χ3n) is 14.6. The van der Waals surface area contributed by atoms with Gasteiger partial charge in [0.25, 0.3) is 0 Å². The van der Waals surface area contributed by atoms with E-state index < -0.39 is 42.0 Å². The molecule has 440 valence electrons. The van der Waals surface area contributed by atoms with Crippen molar-refractivity contribution < 1.29 is 66.7 Å². The standard InChI is InChI=1S/C60H106N2O14/c1-6-10-14-18-22-26-32-54(63)70-43-49(44-71-55(64)33-27-23-19-15-11-7-2)41-58(67)74-47-51-36-37-52(62(51)60(69)76-53-31-30-39-61(5)40-38-53)48-75-59(68)42-50(45-72-56(65)34-28-24-20-16-12-8-3)46-73-57(66)35-29-25-21-17-13-9-4/h49-53H,6-48H2,1-5H3/t51-,52+,53?. The zero-order chi connectivity index (χ0) is 55.4. The van der Waals surface area contributed by atoms with Gasteiger partial charge in [-0.05, 0) is 71.4 Å². The van der Waals surface area contributed by atoms with Crippen molar-refractivity contribution in [2.24, 2.45) is 11.8 Å². The Hall–Kier alpha value is -3.95. The molecule has 1 unspecified atom stereocenters. The summed E-state index contributed by atoms with van der Waals surface area (Å²) in [5.74, 6) is -3.89. The minimum absolute atomic E-state index is 0.107. The van der Waals surface area contributed by atoms with Crippen LogP contribution in [0, 0.1) is 11.8 Å². The van der Waals surface area contributed by atoms with E-state index in [0.29, 0.717) is 51.4 Å². The summed E-state index contributed by atoms with van der Waals surface area (Å²) in [6.07, 6.45) is 27.6. The lowest BCUT2D eigenvalue weighted by atomic mass is 10.1. The van der Waals surface area contributed by atoms with E-state index in [1.54, 1.807) is 0 Å². The van der Waals surface area contributed by atoms with Crippen molar-refractivity contribution >= 4 is 41.9 Å². The topological polar surface area (TPSA) is 191 Å². The van der Waals surface area contributed by atoms with Gasteiger partial charge in [0, 0.05) is 44.1 Å². The van der Waals surface area contributed by atoms with E-state index in [-0.39, 0.29) is 108 Å². The molecule has 16 heteroatoms. The van der Waals surface area contributed by atoms with Gasteiger partial charge in [-0.25, -0.2) is 4.79 Å². The van der Waals surface area contributed by atoms with Gasteiger partial charge in [-0.1, -0.05) is 156 Å². The van der Waals surface area contributed by atoms with Crippen LogP contribution in [0.1, 0.15) is 252 Å². The van der Waals surface area contributed by atoms with Gasteiger partial charge in [-0.3, -0.25) is 33.7 Å². The lowest BCUT2D eigenvalue weighted by Crippen LogP contribution is -2.47. The molecule has 2 saturated heterocycles. The molecule has 0 radical (unpaired) electrons. The van der Waals surface area contributed by atoms with Crippen LogP contribution < -0.4 is 0 Å². The summed E-state index contributed by atoms with van der Waals surface area (Å²) in [6.45, 7) is 9.57. The predicted octanol–water partition coefficient (Wildman–Crippen LogP) is 12.7. The summed E-state index contributed by atoms with van der Waals surface area (Å²) in [6, 6.07) is -1.16. The number of hydrogen-bond donors (Lipinski definition) is 0. The number of unbranched alkanes of at least 4 members (excludes halogenated alkanes) is 20. The fourth-order valence-electron chi connectivity index (χ4n) is 9.75. The number of hydrogen-bond acceptors (Lipinski definition) is 15. The van der Waals surface area contributed by atoms with Gasteiger partial charge in [0.2, 0.25) is 0 Å². The van der Waals surface area contributed by atoms with Crippen LogP contribution in [0.2, 0.25) is 0 Å². The number of ether oxygens (including phenoxy) is 7. The van der Waals surface area contributed by atoms with Crippen molar-refractivity contribution in [1.29, 1.82) is 0 Å². The smallest absolute Gasteiger partial charge is 0.410 e. The highest BCUT2D eigenvalue weighted by Crippen LogP contribution is 2.28. The molecule has 0 aromatic carbocycles. The first-order valence-electron chi connectivity index (χ1n) is 30.5. The minimum atomic E-state index is -0.629. The SMILES string of the molecule is CCCCCCCCC(=O)OCC(COC(=O)CCCCCCCC)CC(=O)OC[C@H]1CC[C@@H](COC(=O)CC(COC(=O)CCCCCCCC)COC(=O)CCCCCCCC)N1C(=O)OC1CCCN(C)CC1. The molecule has 0 bridgehead atoms. The number of amides is 1. The molecule has 76 heavy (non-hydrogen) atoms. The number of likely N-dealkylation sites (tertiary alicyclic amines) is 2. The monoisotopic (exact) mass is 1080 g/mol. The normalized spacial score (nSPS) is 16.8. The summed E-state index contributed by atoms with van der Waals surface area (Å²) < 4.78 is 40.2. The number of carbonyl (C=O) groups excluding carboxylic acids is 7. The van der Waals surface area contributed by atoms with Gasteiger partial charge in [0.1, 0.15) is 19.3 Å². The molecule has 0 saturated carbocycles. The molecular formula is C60H106N2O14. The van der Waals surface area contributed by atoms with Gasteiger partial charge in [-0.2, -0.15) is 0 Å². The largest absolute Gasteiger partial charge is 0.465 e. The van der Waals surface area contributed by atoms with E-state index >= 15 is 0 Å². The Kier molecular flexibility index (Phi) is 40.3. The maximum atomic E-state index is 14.1. The molecule has 0 aromatic heterocycles. The van der Waals surface area contributed by atoms with Gasteiger partial charge >= 0.3 is 41.9 Å². The quantitative estimate of drug-likeness (QED) is 0.0318. The Labute approximate surface area is 459 Å². The van der Waals surface area contributed by atoms with Crippen LogP contribution in [0.3, 0.4) is 0 Å². The van der Waals surface area contributed by atoms with Crippen LogP contribution in [0.5, 0.6) is 0 Å². The highest BCUT2D eigenvalue weighted by Gasteiger charge is 2.41. The molecular weight excluding hydrogens is 973 g/mol. The summed E-state index contributed by atoms with van der Waals surface area (Å²) in [7, 11) is 2.04. The van der Waals surface area contributed by atoms with Gasteiger partial charge in [-0.15, -0.1) is 0 Å². The highest BCUT2D eigenvalue weighted by atomic mass is 16.6. The second-order valence-corrected chi connectivity index (χ2v) is 21.8. The third kappa shape index (κ3) is 34.7. The average Bonchev–Trinajstić information content (AvgIpc) is 3.71. The lowest BCUT2D eigenvalue weighted by Gasteiger charge is -2.31. The molecule has 2 rings (SSSR count). The van der Waals surface area contributed by atoms with E-state index in [1.165, 1.54) is 30.6 Å². The molecule has 2 aliphatic rings. The van der Waals surface area contributed by atoms with Crippen molar-refractivity contribution in [2.45, 2.75) is 271 Å². The zero-order valence-electron chi connectivity index (χ0n) is 48.4. The Balaban J connectivity index is 2.12. The molecule has 16 nitrogen and oxygen atoms in total. The number of nitrogens with zero attached hydrogens (tertiary/aromatic N) is 2. The van der Waals surface area contributed by atoms with Crippen LogP contribution in [0.15, 0.2) is 0 Å². The summed E-state index contributed by atoms with van der Waals surface area (Å²) in [5, 5.41) is 0. The van der Waals surface area contributed by atoms with Crippen molar-refractivity contribution in [2.75, 3.05) is 59.8 Å². The van der Waals surface area contributed by atoms with E-state index in [9.17, 15) is 33.6 Å². The number of carbonyl (C=O) groups is 7. The van der Waals surface area contributed by atoms with Crippen LogP contribution >= 0.6 is 0 Å². The fourth-order valence-corrected chi connectivity index (χ4v) is 9.75. The summed E-state index contributed by atoms with van der Waals surface area (Å²) >= 11 is 0. The van der Waals surface area contributed by atoms with E-state index in [1.807, 2.05) is 7.05 Å². The maximum Gasteiger partial charge on any atom is 0.410 e. The number of esters is 6. The molecule has 3 atom stereocenters. The first-order valence-corrected chi connectivity index (χ1v) is 30.5. The van der Waals surface area contributed by atoms with Crippen molar-refractivity contribution in [1.82, 2.24) is 9.80 Å². The first-order chi connectivity index (χ1) is 36.9. The molecule has 0 aromatic rings. The average molecular weight is 1080 g/mol.